The molecule has 0 N–H and O–H groups in total. The highest BCUT2D eigenvalue weighted by molar-refractivity contribution is 5.20. The molecule has 55 valence electrons. The maximum atomic E-state index is 12.4. The van der Waals surface area contributed by atoms with E-state index in [0.717, 1.165) is 0 Å². The molecule has 0 aliphatic carbocycles. The number of hydrogen-bond acceptors (Lipinski definition) is 2. The summed E-state index contributed by atoms with van der Waals surface area (Å²) in [4.78, 5) is 0. The van der Waals surface area contributed by atoms with E-state index in [9.17, 15) is 4.39 Å². The van der Waals surface area contributed by atoms with Gasteiger partial charge in [-0.2, -0.15) is 5.26 Å². The van der Waals surface area contributed by atoms with Crippen LogP contribution in [0.15, 0.2) is 18.2 Å². The summed E-state index contributed by atoms with van der Waals surface area (Å²) in [5.41, 5.74) is 0. The predicted molar refractivity (Wildman–Crippen MR) is 36.3 cm³/mol. The molecule has 1 aromatic carbocycles. The lowest BCUT2D eigenvalue weighted by molar-refractivity contribution is 0.365. The SMILES string of the molecule is N#CCOc1[c]ccc(F)c1. The normalized spacial score (nSPS) is 8.73. The van der Waals surface area contributed by atoms with Crippen molar-refractivity contribution in [3.05, 3.63) is 30.1 Å². The number of halogens is 1. The fourth-order valence-corrected chi connectivity index (χ4v) is 0.612. The lowest BCUT2D eigenvalue weighted by atomic mass is 10.3. The molecule has 0 aromatic heterocycles. The average Bonchev–Trinajstić information content (AvgIpc) is 2.01. The van der Waals surface area contributed by atoms with Crippen LogP contribution in [0.1, 0.15) is 0 Å². The Labute approximate surface area is 63.8 Å². The highest BCUT2D eigenvalue weighted by Crippen LogP contribution is 2.10. The molecular weight excluding hydrogens is 145 g/mol. The summed E-state index contributed by atoms with van der Waals surface area (Å²) in [7, 11) is 0. The van der Waals surface area contributed by atoms with Gasteiger partial charge in [0.25, 0.3) is 0 Å². The molecule has 1 rings (SSSR count). The smallest absolute Gasteiger partial charge is 0.174 e. The Kier molecular flexibility index (Phi) is 2.45. The van der Waals surface area contributed by atoms with E-state index >= 15 is 0 Å². The Morgan fingerprint density at radius 2 is 2.55 bits per heavy atom. The van der Waals surface area contributed by atoms with Gasteiger partial charge in [-0.05, 0) is 12.1 Å². The zero-order valence-corrected chi connectivity index (χ0v) is 5.67. The molecule has 11 heavy (non-hydrogen) atoms. The van der Waals surface area contributed by atoms with Crippen molar-refractivity contribution < 1.29 is 9.13 Å². The first-order valence-electron chi connectivity index (χ1n) is 3.00. The van der Waals surface area contributed by atoms with Gasteiger partial charge in [0.15, 0.2) is 6.61 Å². The quantitative estimate of drug-likeness (QED) is 0.640. The van der Waals surface area contributed by atoms with Crippen LogP contribution in [-0.2, 0) is 0 Å². The predicted octanol–water partition coefficient (Wildman–Crippen LogP) is 1.53. The molecule has 0 unspecified atom stereocenters. The summed E-state index contributed by atoms with van der Waals surface area (Å²) < 4.78 is 17.2. The van der Waals surface area contributed by atoms with Crippen LogP contribution < -0.4 is 4.74 Å². The molecule has 0 aliphatic rings. The van der Waals surface area contributed by atoms with E-state index in [1.165, 1.54) is 18.2 Å². The number of nitriles is 1. The number of nitrogens with zero attached hydrogens (tertiary/aromatic N) is 1. The standard InChI is InChI=1S/C8H5FNO/c9-7-2-1-3-8(6-7)11-5-4-10/h1-2,6H,5H2. The van der Waals surface area contributed by atoms with Gasteiger partial charge in [0.1, 0.15) is 17.6 Å². The van der Waals surface area contributed by atoms with Crippen molar-refractivity contribution in [1.82, 2.24) is 0 Å². The van der Waals surface area contributed by atoms with Gasteiger partial charge >= 0.3 is 0 Å². The van der Waals surface area contributed by atoms with Crippen LogP contribution in [0, 0.1) is 23.2 Å². The minimum absolute atomic E-state index is 0.0834. The van der Waals surface area contributed by atoms with Crippen molar-refractivity contribution >= 4 is 0 Å². The number of benzene rings is 1. The molecule has 0 bridgehead atoms. The van der Waals surface area contributed by atoms with Crippen LogP contribution in [0.3, 0.4) is 0 Å². The van der Waals surface area contributed by atoms with Gasteiger partial charge < -0.3 is 4.74 Å². The zero-order valence-electron chi connectivity index (χ0n) is 5.67. The molecule has 0 spiro atoms. The summed E-state index contributed by atoms with van der Waals surface area (Å²) in [6.07, 6.45) is 0. The molecule has 1 radical (unpaired) electrons. The minimum atomic E-state index is -0.392. The molecule has 0 saturated carbocycles. The summed E-state index contributed by atoms with van der Waals surface area (Å²) >= 11 is 0. The van der Waals surface area contributed by atoms with E-state index in [2.05, 4.69) is 6.07 Å². The van der Waals surface area contributed by atoms with Crippen LogP contribution in [0.5, 0.6) is 5.75 Å². The molecule has 0 aliphatic heterocycles. The summed E-state index contributed by atoms with van der Waals surface area (Å²) in [6, 6.07) is 8.25. The topological polar surface area (TPSA) is 33.0 Å². The number of rotatable bonds is 2. The fraction of sp³-hybridized carbons (Fsp3) is 0.125. The van der Waals surface area contributed by atoms with Crippen molar-refractivity contribution in [2.45, 2.75) is 0 Å². The van der Waals surface area contributed by atoms with Crippen molar-refractivity contribution in [1.29, 1.82) is 5.26 Å². The third kappa shape index (κ3) is 2.26. The summed E-state index contributed by atoms with van der Waals surface area (Å²) in [5.74, 6) is -0.136. The lowest BCUT2D eigenvalue weighted by Crippen LogP contribution is -1.93. The molecule has 1 aromatic rings. The van der Waals surface area contributed by atoms with Crippen LogP contribution in [-0.4, -0.2) is 6.61 Å². The second-order valence-corrected chi connectivity index (χ2v) is 1.82. The highest BCUT2D eigenvalue weighted by atomic mass is 19.1. The Morgan fingerprint density at radius 3 is 3.18 bits per heavy atom. The van der Waals surface area contributed by atoms with Crippen molar-refractivity contribution in [3.8, 4) is 11.8 Å². The largest absolute Gasteiger partial charge is 0.478 e. The van der Waals surface area contributed by atoms with Crippen molar-refractivity contribution in [3.63, 3.8) is 0 Å². The van der Waals surface area contributed by atoms with Crippen LogP contribution >= 0.6 is 0 Å². The molecule has 0 atom stereocenters. The van der Waals surface area contributed by atoms with E-state index in [-0.39, 0.29) is 12.4 Å². The van der Waals surface area contributed by atoms with E-state index in [0.29, 0.717) is 0 Å². The molecule has 0 saturated heterocycles. The molecule has 3 heteroatoms. The Balaban J connectivity index is 2.65. The van der Waals surface area contributed by atoms with Crippen LogP contribution in [0.25, 0.3) is 0 Å². The number of ether oxygens (including phenoxy) is 1. The van der Waals surface area contributed by atoms with Crippen LogP contribution in [0.4, 0.5) is 4.39 Å². The second-order valence-electron chi connectivity index (χ2n) is 1.82. The van der Waals surface area contributed by atoms with Gasteiger partial charge in [0, 0.05) is 12.1 Å². The molecular formula is C8H5FNO. The zero-order chi connectivity index (χ0) is 8.10. The highest BCUT2D eigenvalue weighted by Gasteiger charge is 1.93. The third-order valence-corrected chi connectivity index (χ3v) is 1.03. The lowest BCUT2D eigenvalue weighted by Gasteiger charge is -1.98. The first kappa shape index (κ1) is 7.55. The van der Waals surface area contributed by atoms with E-state index in [1.54, 1.807) is 6.07 Å². The number of hydrogen-bond donors (Lipinski definition) is 0. The van der Waals surface area contributed by atoms with Gasteiger partial charge in [0.05, 0.1) is 0 Å². The molecule has 0 heterocycles. The van der Waals surface area contributed by atoms with Gasteiger partial charge in [-0.15, -0.1) is 0 Å². The summed E-state index contributed by atoms with van der Waals surface area (Å²) in [6.45, 7) is -0.0834. The minimum Gasteiger partial charge on any atom is -0.478 e. The third-order valence-electron chi connectivity index (χ3n) is 1.03. The maximum absolute atomic E-state index is 12.4. The van der Waals surface area contributed by atoms with Crippen molar-refractivity contribution in [2.24, 2.45) is 0 Å². The fourth-order valence-electron chi connectivity index (χ4n) is 0.612. The Bertz CT molecular complexity index is 280. The van der Waals surface area contributed by atoms with Gasteiger partial charge in [-0.3, -0.25) is 0 Å². The van der Waals surface area contributed by atoms with Gasteiger partial charge in [-0.25, -0.2) is 4.39 Å². The molecule has 0 fully saturated rings. The Hall–Kier alpha value is -1.56. The van der Waals surface area contributed by atoms with E-state index < -0.39 is 5.82 Å². The van der Waals surface area contributed by atoms with E-state index in [4.69, 9.17) is 10.00 Å². The second kappa shape index (κ2) is 3.57. The van der Waals surface area contributed by atoms with Gasteiger partial charge in [0.2, 0.25) is 0 Å². The van der Waals surface area contributed by atoms with E-state index in [1.807, 2.05) is 0 Å². The van der Waals surface area contributed by atoms with Gasteiger partial charge in [-0.1, -0.05) is 0 Å². The average molecular weight is 150 g/mol. The monoisotopic (exact) mass is 150 g/mol. The first-order valence-corrected chi connectivity index (χ1v) is 3.00. The van der Waals surface area contributed by atoms with Crippen molar-refractivity contribution in [2.75, 3.05) is 6.61 Å². The Morgan fingerprint density at radius 1 is 1.73 bits per heavy atom. The first-order chi connectivity index (χ1) is 5.33. The summed E-state index contributed by atoms with van der Waals surface area (Å²) in [5, 5.41) is 8.11. The maximum Gasteiger partial charge on any atom is 0.174 e. The molecule has 2 nitrogen and oxygen atoms in total. The molecule has 0 amide bonds. The van der Waals surface area contributed by atoms with Crippen LogP contribution in [0.2, 0.25) is 0 Å².